The number of hydrogen-bond acceptors (Lipinski definition) is 3. The maximum Gasteiger partial charge on any atom is 0.234 e. The molecule has 1 atom stereocenters. The highest BCUT2D eigenvalue weighted by atomic mass is 15.3. The molecule has 1 aliphatic heterocycles. The molecule has 270 valence electrons. The molecule has 0 bridgehead atoms. The molecule has 5 nitrogen and oxygen atoms in total. The Morgan fingerprint density at radius 3 is 1.81 bits per heavy atom. The minimum absolute atomic E-state index is 0.641. The van der Waals surface area contributed by atoms with Crippen LogP contribution in [0.1, 0.15) is 18.1 Å². The van der Waals surface area contributed by atoms with E-state index in [2.05, 4.69) is 197 Å². The van der Waals surface area contributed by atoms with Crippen molar-refractivity contribution in [3.05, 3.63) is 211 Å². The second-order valence-electron chi connectivity index (χ2n) is 14.9. The summed E-state index contributed by atoms with van der Waals surface area (Å²) >= 11 is 0. The fourth-order valence-corrected chi connectivity index (χ4v) is 8.69. The van der Waals surface area contributed by atoms with Crippen molar-refractivity contribution in [2.24, 2.45) is 9.98 Å². The Balaban J connectivity index is 1.07. The zero-order valence-electron chi connectivity index (χ0n) is 31.3. The lowest BCUT2D eigenvalue weighted by Crippen LogP contribution is -2.47. The van der Waals surface area contributed by atoms with Crippen LogP contribution in [0.15, 0.2) is 210 Å². The number of benzene rings is 8. The van der Waals surface area contributed by atoms with Gasteiger partial charge in [-0.3, -0.25) is 4.57 Å². The maximum atomic E-state index is 5.37. The molecule has 0 spiro atoms. The number of fused-ring (bicyclic) bond motifs is 6. The number of para-hydroxylation sites is 3. The van der Waals surface area contributed by atoms with Crippen molar-refractivity contribution in [3.8, 4) is 27.9 Å². The SMILES string of the molecule is CC1(c2ccccc2)N=C(n2c3ccccc3c3cc(-c4cccc(-c5cccc6c5c5ccccc5n6-c5ccccc5)c4)ccc32)N=C(c2ccccc2)N1. The first-order valence-electron chi connectivity index (χ1n) is 19.4. The van der Waals surface area contributed by atoms with Gasteiger partial charge in [-0.2, -0.15) is 4.99 Å². The highest BCUT2D eigenvalue weighted by Crippen LogP contribution is 2.40. The predicted molar refractivity (Wildman–Crippen MR) is 237 cm³/mol. The van der Waals surface area contributed by atoms with E-state index in [0.717, 1.165) is 55.6 Å². The monoisotopic (exact) mass is 731 g/mol. The lowest BCUT2D eigenvalue weighted by molar-refractivity contribution is 0.452. The molecule has 0 fully saturated rings. The lowest BCUT2D eigenvalue weighted by Gasteiger charge is -2.33. The van der Waals surface area contributed by atoms with Crippen molar-refractivity contribution < 1.29 is 0 Å². The summed E-state index contributed by atoms with van der Waals surface area (Å²) in [6.45, 7) is 2.12. The fourth-order valence-electron chi connectivity index (χ4n) is 8.69. The van der Waals surface area contributed by atoms with Crippen molar-refractivity contribution >= 4 is 55.4 Å². The Hall–Kier alpha value is -7.50. The van der Waals surface area contributed by atoms with E-state index < -0.39 is 5.66 Å². The average molecular weight is 732 g/mol. The molecule has 1 N–H and O–H groups in total. The van der Waals surface area contributed by atoms with Crippen LogP contribution >= 0.6 is 0 Å². The van der Waals surface area contributed by atoms with Crippen LogP contribution in [0, 0.1) is 0 Å². The molecule has 1 unspecified atom stereocenters. The molecule has 1 aliphatic rings. The molecule has 11 rings (SSSR count). The van der Waals surface area contributed by atoms with E-state index in [4.69, 9.17) is 9.98 Å². The summed E-state index contributed by atoms with van der Waals surface area (Å²) < 4.78 is 4.60. The van der Waals surface area contributed by atoms with Crippen molar-refractivity contribution in [2.75, 3.05) is 0 Å². The van der Waals surface area contributed by atoms with Gasteiger partial charge in [0, 0.05) is 32.8 Å². The predicted octanol–water partition coefficient (Wildman–Crippen LogP) is 12.4. The first-order chi connectivity index (χ1) is 28.1. The Labute approximate surface area is 330 Å². The van der Waals surface area contributed by atoms with Crippen molar-refractivity contribution in [2.45, 2.75) is 12.6 Å². The number of rotatable bonds is 5. The number of amidine groups is 1. The largest absolute Gasteiger partial charge is 0.342 e. The van der Waals surface area contributed by atoms with Crippen LogP contribution in [0.3, 0.4) is 0 Å². The molecule has 57 heavy (non-hydrogen) atoms. The summed E-state index contributed by atoms with van der Waals surface area (Å²) in [7, 11) is 0. The third-order valence-corrected chi connectivity index (χ3v) is 11.4. The van der Waals surface area contributed by atoms with Gasteiger partial charge in [-0.1, -0.05) is 152 Å². The van der Waals surface area contributed by atoms with Crippen LogP contribution in [0.5, 0.6) is 0 Å². The van der Waals surface area contributed by atoms with E-state index in [-0.39, 0.29) is 0 Å². The van der Waals surface area contributed by atoms with Crippen LogP contribution in [-0.2, 0) is 5.66 Å². The van der Waals surface area contributed by atoms with Crippen molar-refractivity contribution in [1.82, 2.24) is 14.5 Å². The molecule has 0 amide bonds. The summed E-state index contributed by atoms with van der Waals surface area (Å²) in [4.78, 5) is 10.6. The van der Waals surface area contributed by atoms with Gasteiger partial charge < -0.3 is 9.88 Å². The van der Waals surface area contributed by atoms with Gasteiger partial charge in [-0.25, -0.2) is 4.99 Å². The Bertz CT molecular complexity index is 3210. The van der Waals surface area contributed by atoms with Gasteiger partial charge in [0.2, 0.25) is 5.96 Å². The van der Waals surface area contributed by atoms with Crippen molar-refractivity contribution in [3.63, 3.8) is 0 Å². The zero-order chi connectivity index (χ0) is 37.9. The molecular formula is C52H37N5. The molecule has 0 saturated heterocycles. The van der Waals surface area contributed by atoms with E-state index in [1.54, 1.807) is 0 Å². The van der Waals surface area contributed by atoms with Crippen LogP contribution in [0.4, 0.5) is 0 Å². The molecule has 8 aromatic carbocycles. The third-order valence-electron chi connectivity index (χ3n) is 11.4. The minimum atomic E-state index is -0.738. The van der Waals surface area contributed by atoms with E-state index in [9.17, 15) is 0 Å². The van der Waals surface area contributed by atoms with E-state index in [1.807, 2.05) is 24.3 Å². The summed E-state index contributed by atoms with van der Waals surface area (Å²) in [5.41, 5.74) is 11.7. The standard InChI is InChI=1S/C52H37N5/c1-52(39-21-7-3-8-22-39)54-50(35-17-5-2-6-18-35)53-51(55-52)57-45-28-13-11-25-42(45)44-34-37(31-32-47(44)57)36-19-15-20-38(33-36)41-27-16-30-48-49(41)43-26-12-14-29-46(43)56(48)40-23-9-4-10-24-40/h2-34H,1H3,(H,53,54,55). The first-order valence-corrected chi connectivity index (χ1v) is 19.4. The molecule has 0 radical (unpaired) electrons. The molecule has 3 heterocycles. The fraction of sp³-hybridized carbons (Fsp3) is 0.0385. The van der Waals surface area contributed by atoms with Gasteiger partial charge in [0.05, 0.1) is 22.1 Å². The van der Waals surface area contributed by atoms with Gasteiger partial charge in [-0.15, -0.1) is 0 Å². The van der Waals surface area contributed by atoms with Gasteiger partial charge in [0.25, 0.3) is 0 Å². The Kier molecular flexibility index (Phi) is 7.54. The molecule has 10 aromatic rings. The van der Waals surface area contributed by atoms with Crippen LogP contribution < -0.4 is 5.32 Å². The van der Waals surface area contributed by atoms with Gasteiger partial charge in [-0.05, 0) is 83.3 Å². The van der Waals surface area contributed by atoms with Gasteiger partial charge in [0.15, 0.2) is 5.66 Å². The molecule has 0 saturated carbocycles. The first kappa shape index (κ1) is 32.9. The normalized spacial score (nSPS) is 15.5. The summed E-state index contributed by atoms with van der Waals surface area (Å²) in [6, 6.07) is 71.1. The highest BCUT2D eigenvalue weighted by molar-refractivity contribution is 6.18. The topological polar surface area (TPSA) is 46.6 Å². The molecule has 2 aromatic heterocycles. The van der Waals surface area contributed by atoms with Crippen LogP contribution in [-0.4, -0.2) is 20.9 Å². The molecule has 5 heteroatoms. The second-order valence-corrected chi connectivity index (χ2v) is 14.9. The zero-order valence-corrected chi connectivity index (χ0v) is 31.3. The van der Waals surface area contributed by atoms with E-state index >= 15 is 0 Å². The second kappa shape index (κ2) is 13.1. The highest BCUT2D eigenvalue weighted by Gasteiger charge is 2.33. The van der Waals surface area contributed by atoms with Gasteiger partial charge in [0.1, 0.15) is 5.84 Å². The smallest absolute Gasteiger partial charge is 0.234 e. The van der Waals surface area contributed by atoms with Gasteiger partial charge >= 0.3 is 0 Å². The number of nitrogens with one attached hydrogen (secondary N) is 1. The summed E-state index contributed by atoms with van der Waals surface area (Å²) in [5, 5.41) is 8.49. The minimum Gasteiger partial charge on any atom is -0.342 e. The molecule has 0 aliphatic carbocycles. The van der Waals surface area contributed by atoms with E-state index in [0.29, 0.717) is 5.96 Å². The lowest BCUT2D eigenvalue weighted by atomic mass is 9.95. The number of nitrogens with zero attached hydrogens (tertiary/aromatic N) is 4. The Morgan fingerprint density at radius 2 is 1.02 bits per heavy atom. The van der Waals surface area contributed by atoms with Crippen LogP contribution in [0.25, 0.3) is 71.6 Å². The van der Waals surface area contributed by atoms with Crippen molar-refractivity contribution in [1.29, 1.82) is 0 Å². The quantitative estimate of drug-likeness (QED) is 0.188. The Morgan fingerprint density at radius 1 is 0.439 bits per heavy atom. The third kappa shape index (κ3) is 5.39. The van der Waals surface area contributed by atoms with E-state index in [1.165, 1.54) is 32.9 Å². The number of aliphatic imine (C=N–C) groups is 2. The number of aromatic nitrogens is 2. The summed E-state index contributed by atoms with van der Waals surface area (Å²) in [6.07, 6.45) is 0. The molecular weight excluding hydrogens is 695 g/mol. The summed E-state index contributed by atoms with van der Waals surface area (Å²) in [5.74, 6) is 1.43. The maximum absolute atomic E-state index is 5.37. The average Bonchev–Trinajstić information content (AvgIpc) is 3.80. The van der Waals surface area contributed by atoms with Crippen LogP contribution in [0.2, 0.25) is 0 Å². The number of hydrogen-bond donors (Lipinski definition) is 1.